The van der Waals surface area contributed by atoms with Gasteiger partial charge in [-0.1, -0.05) is 0 Å². The van der Waals surface area contributed by atoms with E-state index in [1.807, 2.05) is 0 Å². The van der Waals surface area contributed by atoms with Crippen molar-refractivity contribution in [1.29, 1.82) is 0 Å². The minimum Gasteiger partial charge on any atom is -0.480 e. The summed E-state index contributed by atoms with van der Waals surface area (Å²) < 4.78 is 35.7. The van der Waals surface area contributed by atoms with E-state index in [0.29, 0.717) is 13.0 Å². The zero-order chi connectivity index (χ0) is 12.4. The van der Waals surface area contributed by atoms with Crippen LogP contribution in [0.5, 0.6) is 0 Å². The maximum absolute atomic E-state index is 11.9. The van der Waals surface area contributed by atoms with Crippen molar-refractivity contribution in [1.82, 2.24) is 4.90 Å². The molecule has 0 aromatic heterocycles. The summed E-state index contributed by atoms with van der Waals surface area (Å²) in [5, 5.41) is 9.03. The number of thioether (sulfide) groups is 1. The highest BCUT2D eigenvalue weighted by molar-refractivity contribution is 8.00. The molecule has 0 aromatic rings. The van der Waals surface area contributed by atoms with Gasteiger partial charge in [-0.3, -0.25) is 9.69 Å². The van der Waals surface area contributed by atoms with Gasteiger partial charge < -0.3 is 5.11 Å². The SMILES string of the molecule is CC1(C(=O)O)CCCN1CCSC(F)(F)F. The Labute approximate surface area is 96.0 Å². The Morgan fingerprint density at radius 2 is 2.19 bits per heavy atom. The summed E-state index contributed by atoms with van der Waals surface area (Å²) in [7, 11) is 0. The van der Waals surface area contributed by atoms with E-state index >= 15 is 0 Å². The third kappa shape index (κ3) is 3.28. The van der Waals surface area contributed by atoms with E-state index < -0.39 is 17.0 Å². The minimum atomic E-state index is -4.24. The first-order chi connectivity index (χ1) is 7.26. The molecule has 0 bridgehead atoms. The van der Waals surface area contributed by atoms with Crippen molar-refractivity contribution >= 4 is 17.7 Å². The average Bonchev–Trinajstić information content (AvgIpc) is 2.47. The van der Waals surface area contributed by atoms with Crippen LogP contribution in [0.15, 0.2) is 0 Å². The van der Waals surface area contributed by atoms with Crippen LogP contribution in [0.3, 0.4) is 0 Å². The lowest BCUT2D eigenvalue weighted by Gasteiger charge is -2.30. The molecule has 1 aliphatic rings. The number of hydrogen-bond acceptors (Lipinski definition) is 3. The molecule has 0 radical (unpaired) electrons. The molecule has 1 N–H and O–H groups in total. The van der Waals surface area contributed by atoms with Crippen LogP contribution in [0.1, 0.15) is 19.8 Å². The van der Waals surface area contributed by atoms with Gasteiger partial charge in [-0.15, -0.1) is 0 Å². The van der Waals surface area contributed by atoms with Crippen molar-refractivity contribution in [3.05, 3.63) is 0 Å². The highest BCUT2D eigenvalue weighted by Gasteiger charge is 2.43. The molecule has 3 nitrogen and oxygen atoms in total. The van der Waals surface area contributed by atoms with Crippen LogP contribution in [0, 0.1) is 0 Å². The van der Waals surface area contributed by atoms with E-state index in [4.69, 9.17) is 5.11 Å². The van der Waals surface area contributed by atoms with Gasteiger partial charge in [0.2, 0.25) is 0 Å². The summed E-state index contributed by atoms with van der Waals surface area (Å²) in [5.41, 5.74) is -5.23. The van der Waals surface area contributed by atoms with Crippen LogP contribution in [0.25, 0.3) is 0 Å². The third-order valence-corrected chi connectivity index (χ3v) is 3.59. The number of alkyl halides is 3. The summed E-state index contributed by atoms with van der Waals surface area (Å²) in [5.74, 6) is -1.08. The number of rotatable bonds is 4. The number of aliphatic carboxylic acids is 1. The zero-order valence-electron chi connectivity index (χ0n) is 8.88. The molecule has 0 aliphatic carbocycles. The van der Waals surface area contributed by atoms with Crippen molar-refractivity contribution in [3.8, 4) is 0 Å². The molecule has 7 heteroatoms. The second kappa shape index (κ2) is 4.83. The summed E-state index contributed by atoms with van der Waals surface area (Å²) in [4.78, 5) is 12.6. The highest BCUT2D eigenvalue weighted by Crippen LogP contribution is 2.33. The monoisotopic (exact) mass is 257 g/mol. The molecular formula is C9H14F3NO2S. The highest BCUT2D eigenvalue weighted by atomic mass is 32.2. The molecule has 1 unspecified atom stereocenters. The molecular weight excluding hydrogens is 243 g/mol. The second-order valence-corrected chi connectivity index (χ2v) is 5.12. The first-order valence-corrected chi connectivity index (χ1v) is 5.93. The standard InChI is InChI=1S/C9H14F3NO2S/c1-8(7(14)15)3-2-4-13(8)5-6-16-9(10,11)12/h2-6H2,1H3,(H,14,15). The third-order valence-electron chi connectivity index (χ3n) is 2.88. The van der Waals surface area contributed by atoms with Crippen molar-refractivity contribution < 1.29 is 23.1 Å². The van der Waals surface area contributed by atoms with E-state index in [1.54, 1.807) is 11.8 Å². The van der Waals surface area contributed by atoms with E-state index in [0.717, 1.165) is 6.42 Å². The normalized spacial score (nSPS) is 27.2. The smallest absolute Gasteiger partial charge is 0.441 e. The van der Waals surface area contributed by atoms with Crippen LogP contribution in [-0.4, -0.2) is 45.9 Å². The van der Waals surface area contributed by atoms with E-state index in [1.165, 1.54) is 0 Å². The minimum absolute atomic E-state index is 0.102. The quantitative estimate of drug-likeness (QED) is 0.838. The van der Waals surface area contributed by atoms with Crippen LogP contribution in [-0.2, 0) is 4.79 Å². The summed E-state index contributed by atoms with van der Waals surface area (Å²) in [6.45, 7) is 2.29. The van der Waals surface area contributed by atoms with E-state index in [-0.39, 0.29) is 24.1 Å². The van der Waals surface area contributed by atoms with Gasteiger partial charge in [-0.05, 0) is 38.1 Å². The van der Waals surface area contributed by atoms with Gasteiger partial charge in [-0.2, -0.15) is 13.2 Å². The van der Waals surface area contributed by atoms with Gasteiger partial charge in [0.1, 0.15) is 5.54 Å². The van der Waals surface area contributed by atoms with Gasteiger partial charge in [0, 0.05) is 12.3 Å². The molecule has 1 heterocycles. The zero-order valence-corrected chi connectivity index (χ0v) is 9.70. The number of carboxylic acid groups (broad SMARTS) is 1. The Morgan fingerprint density at radius 3 is 2.69 bits per heavy atom. The first kappa shape index (κ1) is 13.6. The Balaban J connectivity index is 2.45. The molecule has 94 valence electrons. The van der Waals surface area contributed by atoms with Crippen LogP contribution < -0.4 is 0 Å². The number of carboxylic acids is 1. The molecule has 0 amide bonds. The molecule has 1 saturated heterocycles. The fourth-order valence-electron chi connectivity index (χ4n) is 1.89. The largest absolute Gasteiger partial charge is 0.480 e. The van der Waals surface area contributed by atoms with Crippen molar-refractivity contribution in [2.75, 3.05) is 18.8 Å². The molecule has 0 aromatic carbocycles. The maximum atomic E-state index is 11.9. The van der Waals surface area contributed by atoms with E-state index in [2.05, 4.69) is 0 Å². The fraction of sp³-hybridized carbons (Fsp3) is 0.889. The van der Waals surface area contributed by atoms with Gasteiger partial charge in [0.25, 0.3) is 0 Å². The molecule has 1 atom stereocenters. The average molecular weight is 257 g/mol. The fourth-order valence-corrected chi connectivity index (χ4v) is 2.43. The molecule has 1 rings (SSSR count). The summed E-state index contributed by atoms with van der Waals surface area (Å²) in [6, 6.07) is 0. The van der Waals surface area contributed by atoms with Gasteiger partial charge in [-0.25, -0.2) is 0 Å². The van der Waals surface area contributed by atoms with Crippen LogP contribution in [0.2, 0.25) is 0 Å². The number of halogens is 3. The predicted molar refractivity (Wildman–Crippen MR) is 55.4 cm³/mol. The van der Waals surface area contributed by atoms with E-state index in [9.17, 15) is 18.0 Å². The molecule has 1 aliphatic heterocycles. The Kier molecular flexibility index (Phi) is 4.12. The number of likely N-dealkylation sites (tertiary alicyclic amines) is 1. The lowest BCUT2D eigenvalue weighted by atomic mass is 9.99. The number of carbonyl (C=O) groups is 1. The summed E-state index contributed by atoms with van der Waals surface area (Å²) in [6.07, 6.45) is 1.22. The lowest BCUT2D eigenvalue weighted by Crippen LogP contribution is -2.48. The molecule has 16 heavy (non-hydrogen) atoms. The van der Waals surface area contributed by atoms with Gasteiger partial charge in [0.15, 0.2) is 0 Å². The molecule has 0 spiro atoms. The molecule has 0 saturated carbocycles. The number of hydrogen-bond donors (Lipinski definition) is 1. The van der Waals surface area contributed by atoms with Gasteiger partial charge >= 0.3 is 11.5 Å². The van der Waals surface area contributed by atoms with Crippen molar-refractivity contribution in [2.24, 2.45) is 0 Å². The lowest BCUT2D eigenvalue weighted by molar-refractivity contribution is -0.148. The second-order valence-electron chi connectivity index (χ2n) is 3.96. The van der Waals surface area contributed by atoms with Crippen LogP contribution in [0.4, 0.5) is 13.2 Å². The topological polar surface area (TPSA) is 40.5 Å². The Bertz CT molecular complexity index is 272. The Morgan fingerprint density at radius 1 is 1.56 bits per heavy atom. The van der Waals surface area contributed by atoms with Gasteiger partial charge in [0.05, 0.1) is 0 Å². The van der Waals surface area contributed by atoms with Crippen molar-refractivity contribution in [3.63, 3.8) is 0 Å². The first-order valence-electron chi connectivity index (χ1n) is 4.95. The predicted octanol–water partition coefficient (Wildman–Crippen LogP) is 2.18. The van der Waals surface area contributed by atoms with Crippen LogP contribution >= 0.6 is 11.8 Å². The van der Waals surface area contributed by atoms with Crippen molar-refractivity contribution in [2.45, 2.75) is 30.8 Å². The number of nitrogens with zero attached hydrogens (tertiary/aromatic N) is 1. The maximum Gasteiger partial charge on any atom is 0.441 e. The molecule has 1 fully saturated rings. The Hall–Kier alpha value is -0.430. The summed E-state index contributed by atoms with van der Waals surface area (Å²) >= 11 is -0.102.